The number of H-pyrrole nitrogens is 1. The van der Waals surface area contributed by atoms with Gasteiger partial charge in [0.1, 0.15) is 0 Å². The molecular formula is C8H7ClN2O2. The second kappa shape index (κ2) is 4.47. The summed E-state index contributed by atoms with van der Waals surface area (Å²) in [6, 6.07) is 8.01. The Kier molecular flexibility index (Phi) is 3.28. The first-order valence-electron chi connectivity index (χ1n) is 3.46. The predicted octanol–water partition coefficient (Wildman–Crippen LogP) is 2.47. The lowest BCUT2D eigenvalue weighted by atomic mass is 10.3. The van der Waals surface area contributed by atoms with E-state index in [0.29, 0.717) is 0 Å². The van der Waals surface area contributed by atoms with Crippen LogP contribution < -0.4 is 0 Å². The minimum Gasteiger partial charge on any atom is -0.469 e. The van der Waals surface area contributed by atoms with Crippen LogP contribution in [0.3, 0.4) is 0 Å². The minimum absolute atomic E-state index is 1.09. The Balaban J connectivity index is 0.000000184. The number of rotatable bonds is 0. The molecule has 1 aromatic carbocycles. The topological polar surface area (TPSA) is 66.0 Å². The average Bonchev–Trinajstić information content (AvgIpc) is 2.49. The van der Waals surface area contributed by atoms with Crippen molar-refractivity contribution in [3.05, 3.63) is 30.5 Å². The molecule has 5 heteroatoms. The molecular weight excluding hydrogens is 192 g/mol. The molecule has 0 unspecified atom stereocenters. The first kappa shape index (κ1) is 9.54. The number of carboxylic acid groups (broad SMARTS) is 1. The molecule has 1 heterocycles. The van der Waals surface area contributed by atoms with Gasteiger partial charge >= 0.3 is 5.43 Å². The van der Waals surface area contributed by atoms with Crippen molar-refractivity contribution in [2.24, 2.45) is 0 Å². The largest absolute Gasteiger partial charge is 0.469 e. The molecule has 2 rings (SSSR count). The van der Waals surface area contributed by atoms with Gasteiger partial charge in [0, 0.05) is 17.0 Å². The molecule has 0 bridgehead atoms. The second-order valence-electron chi connectivity index (χ2n) is 2.21. The van der Waals surface area contributed by atoms with Gasteiger partial charge in [-0.2, -0.15) is 5.10 Å². The third-order valence-electron chi connectivity index (χ3n) is 1.35. The van der Waals surface area contributed by atoms with Crippen molar-refractivity contribution < 1.29 is 9.90 Å². The highest BCUT2D eigenvalue weighted by molar-refractivity contribution is 6.60. The Hall–Kier alpha value is -1.55. The molecule has 0 aliphatic rings. The van der Waals surface area contributed by atoms with Gasteiger partial charge in [0.05, 0.1) is 11.7 Å². The third-order valence-corrected chi connectivity index (χ3v) is 1.35. The maximum atomic E-state index is 8.77. The highest BCUT2D eigenvalue weighted by Gasteiger charge is 1.88. The lowest BCUT2D eigenvalue weighted by Gasteiger charge is -1.81. The third kappa shape index (κ3) is 3.13. The summed E-state index contributed by atoms with van der Waals surface area (Å²) in [5, 5.41) is 15.1. The van der Waals surface area contributed by atoms with Crippen LogP contribution in [0.5, 0.6) is 0 Å². The van der Waals surface area contributed by atoms with Gasteiger partial charge in [-0.1, -0.05) is 18.2 Å². The van der Waals surface area contributed by atoms with Gasteiger partial charge in [0.2, 0.25) is 0 Å². The summed E-state index contributed by atoms with van der Waals surface area (Å²) >= 11 is 4.19. The van der Waals surface area contributed by atoms with Gasteiger partial charge in [-0.15, -0.1) is 0 Å². The minimum atomic E-state index is -1.36. The van der Waals surface area contributed by atoms with E-state index in [2.05, 4.69) is 21.8 Å². The number of nitrogens with one attached hydrogen (secondary N) is 1. The van der Waals surface area contributed by atoms with E-state index in [1.54, 1.807) is 0 Å². The first-order valence-corrected chi connectivity index (χ1v) is 3.84. The number of nitrogens with zero attached hydrogens (tertiary/aromatic N) is 1. The molecule has 0 radical (unpaired) electrons. The number of para-hydroxylation sites is 1. The molecule has 0 atom stereocenters. The van der Waals surface area contributed by atoms with Crippen LogP contribution in [0.4, 0.5) is 4.79 Å². The summed E-state index contributed by atoms with van der Waals surface area (Å²) < 4.78 is 0. The quantitative estimate of drug-likeness (QED) is 0.639. The van der Waals surface area contributed by atoms with Crippen molar-refractivity contribution in [2.75, 3.05) is 0 Å². The number of benzene rings is 1. The monoisotopic (exact) mass is 198 g/mol. The van der Waals surface area contributed by atoms with E-state index in [9.17, 15) is 0 Å². The normalized spacial score (nSPS) is 9.00. The number of fused-ring (bicyclic) bond motifs is 1. The molecule has 0 amide bonds. The van der Waals surface area contributed by atoms with Crippen LogP contribution in [-0.2, 0) is 0 Å². The van der Waals surface area contributed by atoms with E-state index in [0.717, 1.165) is 10.9 Å². The average molecular weight is 199 g/mol. The first-order chi connectivity index (χ1) is 6.20. The lowest BCUT2D eigenvalue weighted by Crippen LogP contribution is -1.66. The van der Waals surface area contributed by atoms with Crippen molar-refractivity contribution in [2.45, 2.75) is 0 Å². The van der Waals surface area contributed by atoms with Crippen LogP contribution in [0.2, 0.25) is 0 Å². The molecule has 0 aliphatic carbocycles. The van der Waals surface area contributed by atoms with Gasteiger partial charge < -0.3 is 5.11 Å². The number of halogens is 1. The van der Waals surface area contributed by atoms with Gasteiger partial charge in [-0.05, 0) is 6.07 Å². The van der Waals surface area contributed by atoms with Crippen LogP contribution in [0.25, 0.3) is 10.9 Å². The summed E-state index contributed by atoms with van der Waals surface area (Å²) in [5.74, 6) is 0. The molecule has 0 fully saturated rings. The Morgan fingerprint density at radius 3 is 2.69 bits per heavy atom. The van der Waals surface area contributed by atoms with Crippen molar-refractivity contribution in [1.82, 2.24) is 10.2 Å². The zero-order valence-electron chi connectivity index (χ0n) is 6.57. The summed E-state index contributed by atoms with van der Waals surface area (Å²) in [6.45, 7) is 0. The fourth-order valence-electron chi connectivity index (χ4n) is 0.883. The Morgan fingerprint density at radius 1 is 1.46 bits per heavy atom. The van der Waals surface area contributed by atoms with Crippen LogP contribution >= 0.6 is 11.6 Å². The summed E-state index contributed by atoms with van der Waals surface area (Å²) in [7, 11) is 0. The predicted molar refractivity (Wildman–Crippen MR) is 50.0 cm³/mol. The molecule has 1 aromatic heterocycles. The van der Waals surface area contributed by atoms with E-state index in [-0.39, 0.29) is 0 Å². The highest BCUT2D eigenvalue weighted by Crippen LogP contribution is 2.06. The zero-order valence-corrected chi connectivity index (χ0v) is 7.32. The van der Waals surface area contributed by atoms with Crippen molar-refractivity contribution >= 4 is 27.9 Å². The molecule has 2 aromatic rings. The summed E-state index contributed by atoms with van der Waals surface area (Å²) in [6.07, 6.45) is 1.81. The molecule has 0 saturated heterocycles. The van der Waals surface area contributed by atoms with Gasteiger partial charge in [0.25, 0.3) is 0 Å². The highest BCUT2D eigenvalue weighted by atomic mass is 35.5. The molecule has 4 nitrogen and oxygen atoms in total. The number of hydrogen-bond donors (Lipinski definition) is 2. The van der Waals surface area contributed by atoms with E-state index in [1.807, 2.05) is 30.5 Å². The zero-order chi connectivity index (χ0) is 9.68. The Morgan fingerprint density at radius 2 is 2.08 bits per heavy atom. The van der Waals surface area contributed by atoms with Gasteiger partial charge in [-0.25, -0.2) is 4.79 Å². The fourth-order valence-corrected chi connectivity index (χ4v) is 0.883. The standard InChI is InChI=1S/C7H6N2.CHClO2/c1-2-4-7-6(3-1)5-8-9-7;2-1(3)4/h1-5H,(H,8,9);(H,3,4). The molecule has 13 heavy (non-hydrogen) atoms. The summed E-state index contributed by atoms with van der Waals surface area (Å²) in [4.78, 5) is 8.77. The smallest absolute Gasteiger partial charge is 0.401 e. The maximum Gasteiger partial charge on any atom is 0.401 e. The molecule has 0 spiro atoms. The number of aromatic amines is 1. The van der Waals surface area contributed by atoms with Gasteiger partial charge in [-0.3, -0.25) is 5.10 Å². The Bertz CT molecular complexity index is 365. The summed E-state index contributed by atoms with van der Waals surface area (Å²) in [5.41, 5.74) is -0.266. The molecule has 68 valence electrons. The van der Waals surface area contributed by atoms with E-state index in [4.69, 9.17) is 9.90 Å². The fraction of sp³-hybridized carbons (Fsp3) is 0. The molecule has 2 N–H and O–H groups in total. The van der Waals surface area contributed by atoms with Crippen LogP contribution in [-0.4, -0.2) is 20.7 Å². The SMILES string of the molecule is O=C(O)Cl.c1ccc2[nH]ncc2c1. The molecule has 0 aliphatic heterocycles. The Labute approximate surface area is 79.1 Å². The van der Waals surface area contributed by atoms with Crippen molar-refractivity contribution in [3.63, 3.8) is 0 Å². The van der Waals surface area contributed by atoms with Crippen LogP contribution in [0.1, 0.15) is 0 Å². The van der Waals surface area contributed by atoms with E-state index < -0.39 is 5.43 Å². The van der Waals surface area contributed by atoms with Crippen molar-refractivity contribution in [1.29, 1.82) is 0 Å². The number of hydrogen-bond acceptors (Lipinski definition) is 2. The number of aromatic nitrogens is 2. The second-order valence-corrected chi connectivity index (χ2v) is 2.53. The maximum absolute atomic E-state index is 8.77. The van der Waals surface area contributed by atoms with Gasteiger partial charge in [0.15, 0.2) is 0 Å². The lowest BCUT2D eigenvalue weighted by molar-refractivity contribution is 0.220. The van der Waals surface area contributed by atoms with Crippen LogP contribution in [0, 0.1) is 0 Å². The van der Waals surface area contributed by atoms with E-state index >= 15 is 0 Å². The molecule has 0 saturated carbocycles. The van der Waals surface area contributed by atoms with E-state index in [1.165, 1.54) is 0 Å². The van der Waals surface area contributed by atoms with Crippen LogP contribution in [0.15, 0.2) is 30.5 Å². The van der Waals surface area contributed by atoms with Crippen molar-refractivity contribution in [3.8, 4) is 0 Å². The number of carbonyl (C=O) groups is 1.